The highest BCUT2D eigenvalue weighted by Crippen LogP contribution is 2.39. The molecule has 1 unspecified atom stereocenters. The lowest BCUT2D eigenvalue weighted by molar-refractivity contribution is -0.140. The van der Waals surface area contributed by atoms with E-state index in [2.05, 4.69) is 4.90 Å². The second kappa shape index (κ2) is 10.6. The number of hydrogen-bond donors (Lipinski definition) is 1. The lowest BCUT2D eigenvalue weighted by atomic mass is 9.95. The summed E-state index contributed by atoms with van der Waals surface area (Å²) in [5.41, 5.74) is 1.39. The minimum Gasteiger partial charge on any atom is -0.507 e. The van der Waals surface area contributed by atoms with Crippen molar-refractivity contribution in [2.24, 2.45) is 0 Å². The number of ketones is 1. The quantitative estimate of drug-likeness (QED) is 0.378. The smallest absolute Gasteiger partial charge is 0.295 e. The Bertz CT molecular complexity index is 997. The predicted molar refractivity (Wildman–Crippen MR) is 125 cm³/mol. The Morgan fingerprint density at radius 1 is 1.03 bits per heavy atom. The van der Waals surface area contributed by atoms with Gasteiger partial charge < -0.3 is 19.5 Å². The zero-order chi connectivity index (χ0) is 23.2. The van der Waals surface area contributed by atoms with E-state index in [-0.39, 0.29) is 11.3 Å². The van der Waals surface area contributed by atoms with Crippen molar-refractivity contribution in [3.8, 4) is 5.75 Å². The monoisotopic (exact) mass is 450 g/mol. The minimum atomic E-state index is -0.661. The number of aliphatic hydroxyl groups excluding tert-OH is 1. The number of ether oxygens (including phenoxy) is 2. The minimum absolute atomic E-state index is 0.121. The molecule has 1 atom stereocenters. The Hall–Kier alpha value is -3.16. The van der Waals surface area contributed by atoms with Crippen molar-refractivity contribution in [3.63, 3.8) is 0 Å². The van der Waals surface area contributed by atoms with Gasteiger partial charge in [-0.2, -0.15) is 0 Å². The third kappa shape index (κ3) is 5.10. The fraction of sp³-hybridized carbons (Fsp3) is 0.385. The van der Waals surface area contributed by atoms with E-state index < -0.39 is 17.7 Å². The molecule has 174 valence electrons. The molecule has 2 heterocycles. The molecular weight excluding hydrogens is 420 g/mol. The van der Waals surface area contributed by atoms with Gasteiger partial charge in [0.25, 0.3) is 11.7 Å². The molecule has 7 heteroatoms. The van der Waals surface area contributed by atoms with Gasteiger partial charge in [0.15, 0.2) is 0 Å². The fourth-order valence-electron chi connectivity index (χ4n) is 4.25. The Labute approximate surface area is 194 Å². The zero-order valence-corrected chi connectivity index (χ0v) is 18.9. The number of likely N-dealkylation sites (tertiary alicyclic amines) is 1. The summed E-state index contributed by atoms with van der Waals surface area (Å²) in [5, 5.41) is 11.1. The van der Waals surface area contributed by atoms with E-state index in [1.807, 2.05) is 37.3 Å². The summed E-state index contributed by atoms with van der Waals surface area (Å²) in [7, 11) is 0. The molecule has 1 amide bonds. The average Bonchev–Trinajstić information content (AvgIpc) is 3.12. The van der Waals surface area contributed by atoms with Crippen LogP contribution in [0.5, 0.6) is 5.75 Å². The molecule has 0 radical (unpaired) electrons. The maximum atomic E-state index is 13.1. The maximum absolute atomic E-state index is 13.1. The van der Waals surface area contributed by atoms with Crippen molar-refractivity contribution in [3.05, 3.63) is 71.3 Å². The van der Waals surface area contributed by atoms with Gasteiger partial charge in [-0.25, -0.2) is 0 Å². The summed E-state index contributed by atoms with van der Waals surface area (Å²) in [5.74, 6) is -0.667. The molecular formula is C26H30N2O5. The molecule has 0 aliphatic carbocycles. The number of rotatable bonds is 8. The molecule has 2 saturated heterocycles. The Morgan fingerprint density at radius 3 is 2.39 bits per heavy atom. The Morgan fingerprint density at radius 2 is 1.73 bits per heavy atom. The fourth-order valence-corrected chi connectivity index (χ4v) is 4.25. The second-order valence-electron chi connectivity index (χ2n) is 8.23. The van der Waals surface area contributed by atoms with Crippen LogP contribution in [0.15, 0.2) is 60.2 Å². The summed E-state index contributed by atoms with van der Waals surface area (Å²) < 4.78 is 11.1. The van der Waals surface area contributed by atoms with Crippen molar-refractivity contribution < 1.29 is 24.2 Å². The highest BCUT2D eigenvalue weighted by molar-refractivity contribution is 6.46. The first-order chi connectivity index (χ1) is 16.1. The second-order valence-corrected chi connectivity index (χ2v) is 8.23. The van der Waals surface area contributed by atoms with Gasteiger partial charge in [-0.1, -0.05) is 49.4 Å². The molecule has 0 spiro atoms. The predicted octanol–water partition coefficient (Wildman–Crippen LogP) is 3.23. The summed E-state index contributed by atoms with van der Waals surface area (Å²) in [4.78, 5) is 30.0. The van der Waals surface area contributed by atoms with Crippen LogP contribution in [0.3, 0.4) is 0 Å². The van der Waals surface area contributed by atoms with E-state index in [4.69, 9.17) is 9.47 Å². The number of nitrogens with zero attached hydrogens (tertiary/aromatic N) is 2. The van der Waals surface area contributed by atoms with Gasteiger partial charge >= 0.3 is 0 Å². The first kappa shape index (κ1) is 23.0. The van der Waals surface area contributed by atoms with Crippen molar-refractivity contribution in [1.29, 1.82) is 0 Å². The molecule has 2 aromatic rings. The van der Waals surface area contributed by atoms with Gasteiger partial charge in [-0.3, -0.25) is 14.5 Å². The van der Waals surface area contributed by atoms with Gasteiger partial charge in [-0.05, 0) is 24.1 Å². The number of carbonyl (C=O) groups excluding carboxylic acids is 2. The molecule has 33 heavy (non-hydrogen) atoms. The number of hydrogen-bond acceptors (Lipinski definition) is 6. The first-order valence-electron chi connectivity index (χ1n) is 11.5. The van der Waals surface area contributed by atoms with Crippen molar-refractivity contribution >= 4 is 17.4 Å². The van der Waals surface area contributed by atoms with Gasteiger partial charge in [-0.15, -0.1) is 0 Å². The number of carbonyl (C=O) groups is 2. The maximum Gasteiger partial charge on any atom is 0.295 e. The Balaban J connectivity index is 1.68. The number of benzene rings is 2. The van der Waals surface area contributed by atoms with Crippen LogP contribution < -0.4 is 4.74 Å². The highest BCUT2D eigenvalue weighted by atomic mass is 16.5. The van der Waals surface area contributed by atoms with Crippen LogP contribution >= 0.6 is 0 Å². The van der Waals surface area contributed by atoms with Crippen molar-refractivity contribution in [1.82, 2.24) is 9.80 Å². The van der Waals surface area contributed by atoms with Crippen LogP contribution in [-0.4, -0.2) is 72.6 Å². The van der Waals surface area contributed by atoms with Crippen molar-refractivity contribution in [2.45, 2.75) is 19.4 Å². The molecule has 7 nitrogen and oxygen atoms in total. The van der Waals surface area contributed by atoms with Gasteiger partial charge in [0.05, 0.1) is 31.4 Å². The number of aliphatic hydroxyl groups is 1. The van der Waals surface area contributed by atoms with E-state index in [1.54, 1.807) is 29.2 Å². The van der Waals surface area contributed by atoms with Crippen LogP contribution in [0.4, 0.5) is 0 Å². The van der Waals surface area contributed by atoms with Gasteiger partial charge in [0, 0.05) is 31.7 Å². The van der Waals surface area contributed by atoms with Gasteiger partial charge in [0.2, 0.25) is 0 Å². The van der Waals surface area contributed by atoms with E-state index in [9.17, 15) is 14.7 Å². The highest BCUT2D eigenvalue weighted by Gasteiger charge is 2.46. The van der Waals surface area contributed by atoms with Gasteiger partial charge in [0.1, 0.15) is 11.5 Å². The molecule has 2 fully saturated rings. The summed E-state index contributed by atoms with van der Waals surface area (Å²) in [6.07, 6.45) is 0.903. The van der Waals surface area contributed by atoms with Crippen molar-refractivity contribution in [2.75, 3.05) is 46.0 Å². The molecule has 0 saturated carbocycles. The lowest BCUT2D eigenvalue weighted by Gasteiger charge is -2.31. The Kier molecular flexibility index (Phi) is 7.42. The summed E-state index contributed by atoms with van der Waals surface area (Å²) >= 11 is 0. The first-order valence-corrected chi connectivity index (χ1v) is 11.5. The number of Topliss-reactive ketones (excluding diaryl/α,β-unsaturated/α-hetero) is 1. The molecule has 0 aromatic heterocycles. The van der Waals surface area contributed by atoms with E-state index >= 15 is 0 Å². The third-order valence-corrected chi connectivity index (χ3v) is 6.02. The molecule has 2 aliphatic rings. The zero-order valence-electron chi connectivity index (χ0n) is 18.9. The average molecular weight is 451 g/mol. The lowest BCUT2D eigenvalue weighted by Crippen LogP contribution is -2.42. The van der Waals surface area contributed by atoms with Crippen LogP contribution in [0, 0.1) is 0 Å². The number of amides is 1. The van der Waals surface area contributed by atoms with E-state index in [0.29, 0.717) is 38.5 Å². The normalized spacial score (nSPS) is 20.9. The standard InChI is InChI=1S/C26H30N2O5/c1-2-16-33-21-10-8-19(9-11-21)23-22(24(29)20-6-4-3-5-7-20)25(30)26(31)28(23)13-12-27-14-17-32-18-15-27/h3-11,23,29H,2,12-18H2,1H3. The SMILES string of the molecule is CCCOc1ccc(C2C(=C(O)c3ccccc3)C(=O)C(=O)N2CCN2CCOCC2)cc1. The summed E-state index contributed by atoms with van der Waals surface area (Å²) in [6.45, 7) is 6.59. The van der Waals surface area contributed by atoms with Crippen LogP contribution in [0.25, 0.3) is 5.76 Å². The van der Waals surface area contributed by atoms with Crippen LogP contribution in [-0.2, 0) is 14.3 Å². The summed E-state index contributed by atoms with van der Waals surface area (Å²) in [6, 6.07) is 15.6. The number of morpholine rings is 1. The van der Waals surface area contributed by atoms with Crippen LogP contribution in [0.2, 0.25) is 0 Å². The van der Waals surface area contributed by atoms with Crippen LogP contribution in [0.1, 0.15) is 30.5 Å². The van der Waals surface area contributed by atoms with E-state index in [1.165, 1.54) is 0 Å². The van der Waals surface area contributed by atoms with E-state index in [0.717, 1.165) is 30.8 Å². The molecule has 2 aliphatic heterocycles. The molecule has 1 N–H and O–H groups in total. The molecule has 2 aromatic carbocycles. The molecule has 0 bridgehead atoms. The topological polar surface area (TPSA) is 79.3 Å². The molecule has 4 rings (SSSR count). The largest absolute Gasteiger partial charge is 0.507 e. The third-order valence-electron chi connectivity index (χ3n) is 6.02.